The van der Waals surface area contributed by atoms with Gasteiger partial charge < -0.3 is 9.84 Å². The van der Waals surface area contributed by atoms with Crippen LogP contribution in [0.15, 0.2) is 54.6 Å². The van der Waals surface area contributed by atoms with E-state index in [1.165, 1.54) is 7.11 Å². The smallest absolute Gasteiger partial charge is 0.307 e. The summed E-state index contributed by atoms with van der Waals surface area (Å²) in [7, 11) is 1.52. The Kier molecular flexibility index (Phi) is 5.84. The van der Waals surface area contributed by atoms with Crippen LogP contribution in [0.3, 0.4) is 0 Å². The molecule has 0 fully saturated rings. The minimum atomic E-state index is -1.15. The minimum absolute atomic E-state index is 0.207. The largest absolute Gasteiger partial charge is 0.497 e. The zero-order valence-corrected chi connectivity index (χ0v) is 13.3. The highest BCUT2D eigenvalue weighted by atomic mass is 16.5. The van der Waals surface area contributed by atoms with E-state index < -0.39 is 11.9 Å². The standard InChI is InChI=1S/C19H18O5/c1-24-16-9-7-14(8-10-16)18(21)12-15(19(22)23)11-17(20)13-5-3-2-4-6-13/h2-10,15H,11-12H2,1H3,(H,22,23). The molecule has 1 N–H and O–H groups in total. The van der Waals surface area contributed by atoms with Gasteiger partial charge in [0, 0.05) is 24.0 Å². The number of ether oxygens (including phenoxy) is 1. The van der Waals surface area contributed by atoms with E-state index in [9.17, 15) is 19.5 Å². The van der Waals surface area contributed by atoms with E-state index in [1.807, 2.05) is 0 Å². The molecule has 0 saturated carbocycles. The lowest BCUT2D eigenvalue weighted by molar-refractivity contribution is -0.141. The number of benzene rings is 2. The van der Waals surface area contributed by atoms with Crippen LogP contribution in [0.1, 0.15) is 33.6 Å². The van der Waals surface area contributed by atoms with Crippen LogP contribution < -0.4 is 4.74 Å². The number of hydrogen-bond acceptors (Lipinski definition) is 4. The van der Waals surface area contributed by atoms with E-state index >= 15 is 0 Å². The summed E-state index contributed by atoms with van der Waals surface area (Å²) in [5, 5.41) is 9.32. The molecule has 0 aliphatic heterocycles. The molecule has 124 valence electrons. The fraction of sp³-hybridized carbons (Fsp3) is 0.211. The number of aliphatic carboxylic acids is 1. The topological polar surface area (TPSA) is 80.7 Å². The molecule has 0 radical (unpaired) electrons. The van der Waals surface area contributed by atoms with E-state index in [0.717, 1.165) is 0 Å². The van der Waals surface area contributed by atoms with Crippen LogP contribution in [0.4, 0.5) is 0 Å². The molecule has 1 atom stereocenters. The minimum Gasteiger partial charge on any atom is -0.497 e. The van der Waals surface area contributed by atoms with Crippen molar-refractivity contribution >= 4 is 17.5 Å². The second kappa shape index (κ2) is 8.06. The summed E-state index contributed by atoms with van der Waals surface area (Å²) in [6, 6.07) is 14.9. The van der Waals surface area contributed by atoms with Crippen LogP contribution in [0.2, 0.25) is 0 Å². The normalized spacial score (nSPS) is 11.5. The van der Waals surface area contributed by atoms with Gasteiger partial charge >= 0.3 is 5.97 Å². The average molecular weight is 326 g/mol. The molecule has 0 aliphatic rings. The molecule has 0 heterocycles. The van der Waals surface area contributed by atoms with Gasteiger partial charge in [0.1, 0.15) is 5.75 Å². The zero-order valence-electron chi connectivity index (χ0n) is 13.3. The zero-order chi connectivity index (χ0) is 17.5. The van der Waals surface area contributed by atoms with Crippen LogP contribution in [0.5, 0.6) is 5.75 Å². The van der Waals surface area contributed by atoms with Gasteiger partial charge in [0.25, 0.3) is 0 Å². The Labute approximate surface area is 139 Å². The van der Waals surface area contributed by atoms with Crippen molar-refractivity contribution < 1.29 is 24.2 Å². The van der Waals surface area contributed by atoms with Crippen molar-refractivity contribution in [2.75, 3.05) is 7.11 Å². The SMILES string of the molecule is COc1ccc(C(=O)CC(CC(=O)c2ccccc2)C(=O)O)cc1. The van der Waals surface area contributed by atoms with Crippen molar-refractivity contribution in [3.8, 4) is 5.75 Å². The number of carbonyl (C=O) groups is 3. The first-order valence-electron chi connectivity index (χ1n) is 7.49. The molecule has 2 rings (SSSR count). The van der Waals surface area contributed by atoms with Crippen molar-refractivity contribution in [1.82, 2.24) is 0 Å². The molecule has 0 bridgehead atoms. The van der Waals surface area contributed by atoms with Gasteiger partial charge in [-0.2, -0.15) is 0 Å². The maximum atomic E-state index is 12.3. The summed E-state index contributed by atoms with van der Waals surface area (Å²) in [6.07, 6.45) is -0.429. The summed E-state index contributed by atoms with van der Waals surface area (Å²) in [5.41, 5.74) is 0.842. The van der Waals surface area contributed by atoms with Crippen molar-refractivity contribution in [2.45, 2.75) is 12.8 Å². The third-order valence-corrected chi connectivity index (χ3v) is 3.72. The summed E-state index contributed by atoms with van der Waals surface area (Å²) in [5.74, 6) is -2.19. The van der Waals surface area contributed by atoms with Crippen molar-refractivity contribution in [3.05, 3.63) is 65.7 Å². The van der Waals surface area contributed by atoms with E-state index in [0.29, 0.717) is 16.9 Å². The Morgan fingerprint density at radius 1 is 0.875 bits per heavy atom. The lowest BCUT2D eigenvalue weighted by atomic mass is 9.92. The first kappa shape index (κ1) is 17.4. The molecular weight excluding hydrogens is 308 g/mol. The van der Waals surface area contributed by atoms with Crippen LogP contribution >= 0.6 is 0 Å². The fourth-order valence-electron chi connectivity index (χ4n) is 2.33. The van der Waals surface area contributed by atoms with E-state index in [4.69, 9.17) is 4.74 Å². The van der Waals surface area contributed by atoms with Crippen molar-refractivity contribution in [2.24, 2.45) is 5.92 Å². The Balaban J connectivity index is 2.06. The first-order chi connectivity index (χ1) is 11.5. The van der Waals surface area contributed by atoms with Gasteiger partial charge in [-0.3, -0.25) is 14.4 Å². The maximum Gasteiger partial charge on any atom is 0.307 e. The Morgan fingerprint density at radius 2 is 1.38 bits per heavy atom. The number of carboxylic acid groups (broad SMARTS) is 1. The number of carboxylic acids is 1. The molecular formula is C19H18O5. The summed E-state index contributed by atoms with van der Waals surface area (Å²) in [6.45, 7) is 0. The summed E-state index contributed by atoms with van der Waals surface area (Å²) < 4.78 is 5.02. The second-order valence-electron chi connectivity index (χ2n) is 5.38. The molecule has 1 unspecified atom stereocenters. The third-order valence-electron chi connectivity index (χ3n) is 3.72. The number of carbonyl (C=O) groups excluding carboxylic acids is 2. The number of hydrogen-bond donors (Lipinski definition) is 1. The predicted molar refractivity (Wildman–Crippen MR) is 88.5 cm³/mol. The molecule has 24 heavy (non-hydrogen) atoms. The predicted octanol–water partition coefficient (Wildman–Crippen LogP) is 3.24. The van der Waals surface area contributed by atoms with Gasteiger partial charge in [0.2, 0.25) is 0 Å². The molecule has 0 amide bonds. The lowest BCUT2D eigenvalue weighted by Crippen LogP contribution is -2.21. The van der Waals surface area contributed by atoms with Gasteiger partial charge in [0.05, 0.1) is 13.0 Å². The van der Waals surface area contributed by atoms with Crippen LogP contribution in [0, 0.1) is 5.92 Å². The lowest BCUT2D eigenvalue weighted by Gasteiger charge is -2.11. The van der Waals surface area contributed by atoms with E-state index in [-0.39, 0.29) is 24.4 Å². The molecule has 0 aliphatic carbocycles. The molecule has 5 heteroatoms. The molecule has 0 saturated heterocycles. The Hall–Kier alpha value is -2.95. The number of rotatable bonds is 8. The van der Waals surface area contributed by atoms with Gasteiger partial charge in [-0.1, -0.05) is 30.3 Å². The van der Waals surface area contributed by atoms with E-state index in [1.54, 1.807) is 54.6 Å². The van der Waals surface area contributed by atoms with Gasteiger partial charge in [-0.25, -0.2) is 0 Å². The molecule has 2 aromatic carbocycles. The molecule has 5 nitrogen and oxygen atoms in total. The average Bonchev–Trinajstić information content (AvgIpc) is 2.61. The van der Waals surface area contributed by atoms with Crippen LogP contribution in [-0.4, -0.2) is 29.8 Å². The fourth-order valence-corrected chi connectivity index (χ4v) is 2.33. The van der Waals surface area contributed by atoms with Gasteiger partial charge in [-0.15, -0.1) is 0 Å². The highest BCUT2D eigenvalue weighted by molar-refractivity contribution is 6.01. The second-order valence-corrected chi connectivity index (χ2v) is 5.38. The first-order valence-corrected chi connectivity index (χ1v) is 7.49. The van der Waals surface area contributed by atoms with E-state index in [2.05, 4.69) is 0 Å². The summed E-state index contributed by atoms with van der Waals surface area (Å²) in [4.78, 5) is 35.8. The van der Waals surface area contributed by atoms with Crippen LogP contribution in [-0.2, 0) is 4.79 Å². The molecule has 0 aromatic heterocycles. The molecule has 0 spiro atoms. The number of methoxy groups -OCH3 is 1. The van der Waals surface area contributed by atoms with Crippen molar-refractivity contribution in [1.29, 1.82) is 0 Å². The highest BCUT2D eigenvalue weighted by Gasteiger charge is 2.25. The highest BCUT2D eigenvalue weighted by Crippen LogP contribution is 2.19. The van der Waals surface area contributed by atoms with Gasteiger partial charge in [0.15, 0.2) is 11.6 Å². The third kappa shape index (κ3) is 4.52. The molecule has 2 aromatic rings. The van der Waals surface area contributed by atoms with Gasteiger partial charge in [-0.05, 0) is 24.3 Å². The number of ketones is 2. The quantitative estimate of drug-likeness (QED) is 0.753. The number of Topliss-reactive ketones (excluding diaryl/α,β-unsaturated/α-hetero) is 2. The van der Waals surface area contributed by atoms with Crippen LogP contribution in [0.25, 0.3) is 0 Å². The Morgan fingerprint density at radius 3 is 1.83 bits per heavy atom. The monoisotopic (exact) mass is 326 g/mol. The van der Waals surface area contributed by atoms with Crippen molar-refractivity contribution in [3.63, 3.8) is 0 Å². The Bertz CT molecular complexity index is 719. The maximum absolute atomic E-state index is 12.3. The summed E-state index contributed by atoms with van der Waals surface area (Å²) >= 11 is 0.